The number of benzene rings is 1. The van der Waals surface area contributed by atoms with Crippen LogP contribution in [0.2, 0.25) is 0 Å². The zero-order valence-electron chi connectivity index (χ0n) is 9.77. The van der Waals surface area contributed by atoms with Gasteiger partial charge in [-0.05, 0) is 23.6 Å². The lowest BCUT2D eigenvalue weighted by Crippen LogP contribution is -2.00. The third-order valence-electron chi connectivity index (χ3n) is 2.87. The molecule has 0 aliphatic rings. The molecule has 0 saturated heterocycles. The molecule has 1 aromatic heterocycles. The molecule has 0 fully saturated rings. The number of hydrogen-bond donors (Lipinski definition) is 1. The molecule has 0 radical (unpaired) electrons. The highest BCUT2D eigenvalue weighted by molar-refractivity contribution is 5.49. The van der Waals surface area contributed by atoms with Crippen LogP contribution < -0.4 is 5.73 Å². The van der Waals surface area contributed by atoms with Crippen LogP contribution in [0.15, 0.2) is 30.6 Å². The minimum atomic E-state index is 0.858. The summed E-state index contributed by atoms with van der Waals surface area (Å²) in [5.41, 5.74) is 9.24. The van der Waals surface area contributed by atoms with E-state index in [9.17, 15) is 0 Å². The average molecular weight is 215 g/mol. The van der Waals surface area contributed by atoms with Gasteiger partial charge in [0.1, 0.15) is 5.82 Å². The molecule has 1 heterocycles. The van der Waals surface area contributed by atoms with Crippen molar-refractivity contribution in [3.63, 3.8) is 0 Å². The maximum atomic E-state index is 5.88. The Morgan fingerprint density at radius 1 is 1.38 bits per heavy atom. The van der Waals surface area contributed by atoms with E-state index in [0.717, 1.165) is 24.4 Å². The molecule has 0 spiro atoms. The quantitative estimate of drug-likeness (QED) is 0.797. The van der Waals surface area contributed by atoms with Gasteiger partial charge in [0.15, 0.2) is 0 Å². The predicted octanol–water partition coefficient (Wildman–Crippen LogP) is 2.16. The van der Waals surface area contributed by atoms with E-state index in [0.29, 0.717) is 0 Å². The maximum absolute atomic E-state index is 5.88. The second kappa shape index (κ2) is 4.39. The zero-order valence-corrected chi connectivity index (χ0v) is 9.77. The monoisotopic (exact) mass is 215 g/mol. The Morgan fingerprint density at radius 3 is 2.81 bits per heavy atom. The van der Waals surface area contributed by atoms with Gasteiger partial charge in [0.05, 0.1) is 0 Å². The fourth-order valence-corrected chi connectivity index (χ4v) is 1.82. The van der Waals surface area contributed by atoms with Crippen LogP contribution in [-0.4, -0.2) is 9.55 Å². The Labute approximate surface area is 95.9 Å². The normalized spacial score (nSPS) is 10.6. The van der Waals surface area contributed by atoms with E-state index >= 15 is 0 Å². The molecule has 0 aliphatic heterocycles. The first-order valence-electron chi connectivity index (χ1n) is 5.54. The lowest BCUT2D eigenvalue weighted by Gasteiger charge is -2.07. The third kappa shape index (κ3) is 2.08. The summed E-state index contributed by atoms with van der Waals surface area (Å²) < 4.78 is 2.04. The summed E-state index contributed by atoms with van der Waals surface area (Å²) in [7, 11) is 2.01. The predicted molar refractivity (Wildman–Crippen MR) is 66.2 cm³/mol. The van der Waals surface area contributed by atoms with E-state index in [-0.39, 0.29) is 0 Å². The standard InChI is InChI=1S/C13H17N3/c1-3-11-8-10(4-5-12(11)14)9-13-15-6-7-16(13)2/h4-8H,3,9,14H2,1-2H3. The van der Waals surface area contributed by atoms with Crippen molar-refractivity contribution in [3.05, 3.63) is 47.5 Å². The lowest BCUT2D eigenvalue weighted by molar-refractivity contribution is 0.821. The second-order valence-corrected chi connectivity index (χ2v) is 4.02. The highest BCUT2D eigenvalue weighted by atomic mass is 15.0. The van der Waals surface area contributed by atoms with Gasteiger partial charge in [0.2, 0.25) is 0 Å². The first-order valence-corrected chi connectivity index (χ1v) is 5.54. The molecule has 84 valence electrons. The van der Waals surface area contributed by atoms with Gasteiger partial charge in [-0.15, -0.1) is 0 Å². The number of hydrogen-bond acceptors (Lipinski definition) is 2. The van der Waals surface area contributed by atoms with E-state index in [1.807, 2.05) is 30.1 Å². The van der Waals surface area contributed by atoms with Gasteiger partial charge < -0.3 is 10.3 Å². The topological polar surface area (TPSA) is 43.8 Å². The lowest BCUT2D eigenvalue weighted by atomic mass is 10.0. The van der Waals surface area contributed by atoms with Crippen LogP contribution in [0.25, 0.3) is 0 Å². The Kier molecular flexibility index (Phi) is 2.95. The van der Waals surface area contributed by atoms with Crippen LogP contribution in [-0.2, 0) is 19.9 Å². The summed E-state index contributed by atoms with van der Waals surface area (Å²) in [6.07, 6.45) is 5.62. The van der Waals surface area contributed by atoms with E-state index in [1.54, 1.807) is 0 Å². The van der Waals surface area contributed by atoms with Crippen LogP contribution in [0.4, 0.5) is 5.69 Å². The van der Waals surface area contributed by atoms with Gasteiger partial charge >= 0.3 is 0 Å². The molecule has 2 aromatic rings. The van der Waals surface area contributed by atoms with Gasteiger partial charge in [0, 0.05) is 31.5 Å². The number of nitrogen functional groups attached to an aromatic ring is 1. The SMILES string of the molecule is CCc1cc(Cc2nccn2C)ccc1N. The van der Waals surface area contributed by atoms with Gasteiger partial charge in [-0.25, -0.2) is 4.98 Å². The zero-order chi connectivity index (χ0) is 11.5. The molecule has 3 heteroatoms. The Balaban J connectivity index is 2.25. The molecule has 3 nitrogen and oxygen atoms in total. The van der Waals surface area contributed by atoms with Crippen LogP contribution in [0.3, 0.4) is 0 Å². The van der Waals surface area contributed by atoms with Crippen molar-refractivity contribution in [1.29, 1.82) is 0 Å². The second-order valence-electron chi connectivity index (χ2n) is 4.02. The van der Waals surface area contributed by atoms with Gasteiger partial charge in [0.25, 0.3) is 0 Å². The van der Waals surface area contributed by atoms with E-state index < -0.39 is 0 Å². The summed E-state index contributed by atoms with van der Waals surface area (Å²) >= 11 is 0. The van der Waals surface area contributed by atoms with Crippen LogP contribution >= 0.6 is 0 Å². The van der Waals surface area contributed by atoms with Gasteiger partial charge in [-0.1, -0.05) is 19.1 Å². The molecule has 0 atom stereocenters. The minimum Gasteiger partial charge on any atom is -0.399 e. The summed E-state index contributed by atoms with van der Waals surface area (Å²) in [6.45, 7) is 2.12. The van der Waals surface area contributed by atoms with Crippen molar-refractivity contribution in [2.75, 3.05) is 5.73 Å². The van der Waals surface area contributed by atoms with E-state index in [1.165, 1.54) is 11.1 Å². The molecule has 2 rings (SSSR count). The molecule has 0 amide bonds. The van der Waals surface area contributed by atoms with Crippen molar-refractivity contribution in [2.45, 2.75) is 19.8 Å². The fraction of sp³-hybridized carbons (Fsp3) is 0.308. The van der Waals surface area contributed by atoms with Crippen molar-refractivity contribution >= 4 is 5.69 Å². The first kappa shape index (κ1) is 10.7. The van der Waals surface area contributed by atoms with Crippen LogP contribution in [0.5, 0.6) is 0 Å². The number of nitrogens with zero attached hydrogens (tertiary/aromatic N) is 2. The van der Waals surface area contributed by atoms with Crippen molar-refractivity contribution in [3.8, 4) is 0 Å². The molecule has 2 N–H and O–H groups in total. The fourth-order valence-electron chi connectivity index (χ4n) is 1.82. The molecule has 0 aliphatic carbocycles. The summed E-state index contributed by atoms with van der Waals surface area (Å²) in [5.74, 6) is 1.08. The largest absolute Gasteiger partial charge is 0.399 e. The number of rotatable bonds is 3. The molecule has 1 aromatic carbocycles. The van der Waals surface area contributed by atoms with Crippen molar-refractivity contribution in [1.82, 2.24) is 9.55 Å². The maximum Gasteiger partial charge on any atom is 0.112 e. The molecule has 16 heavy (non-hydrogen) atoms. The number of aromatic nitrogens is 2. The first-order chi connectivity index (χ1) is 7.70. The molecular formula is C13H17N3. The number of nitrogens with two attached hydrogens (primary N) is 1. The summed E-state index contributed by atoms with van der Waals surface area (Å²) in [4.78, 5) is 4.32. The van der Waals surface area contributed by atoms with Crippen molar-refractivity contribution in [2.24, 2.45) is 7.05 Å². The smallest absolute Gasteiger partial charge is 0.112 e. The molecular weight excluding hydrogens is 198 g/mol. The van der Waals surface area contributed by atoms with E-state index in [2.05, 4.69) is 24.0 Å². The van der Waals surface area contributed by atoms with E-state index in [4.69, 9.17) is 5.73 Å². The highest BCUT2D eigenvalue weighted by Gasteiger charge is 2.03. The Hall–Kier alpha value is -1.77. The summed E-state index contributed by atoms with van der Waals surface area (Å²) in [5, 5.41) is 0. The molecule has 0 unspecified atom stereocenters. The highest BCUT2D eigenvalue weighted by Crippen LogP contribution is 2.16. The van der Waals surface area contributed by atoms with Gasteiger partial charge in [-0.3, -0.25) is 0 Å². The number of anilines is 1. The Morgan fingerprint density at radius 2 is 2.19 bits per heavy atom. The van der Waals surface area contributed by atoms with Crippen molar-refractivity contribution < 1.29 is 0 Å². The minimum absolute atomic E-state index is 0.858. The van der Waals surface area contributed by atoms with Crippen LogP contribution in [0, 0.1) is 0 Å². The molecule has 0 bridgehead atoms. The number of aryl methyl sites for hydroxylation is 2. The number of imidazole rings is 1. The molecule has 0 saturated carbocycles. The van der Waals surface area contributed by atoms with Gasteiger partial charge in [-0.2, -0.15) is 0 Å². The van der Waals surface area contributed by atoms with Crippen LogP contribution in [0.1, 0.15) is 23.9 Å². The third-order valence-corrected chi connectivity index (χ3v) is 2.87. The Bertz CT molecular complexity index is 486. The average Bonchev–Trinajstić information content (AvgIpc) is 2.67. The summed E-state index contributed by atoms with van der Waals surface area (Å²) in [6, 6.07) is 6.23.